The number of anilines is 1. The first-order valence-corrected chi connectivity index (χ1v) is 4.31. The summed E-state index contributed by atoms with van der Waals surface area (Å²) in [5.41, 5.74) is 0. The maximum absolute atomic E-state index is 10.5. The zero-order valence-electron chi connectivity index (χ0n) is 7.97. The highest BCUT2D eigenvalue weighted by atomic mass is 16.5. The highest BCUT2D eigenvalue weighted by Gasteiger charge is 1.99. The van der Waals surface area contributed by atoms with Gasteiger partial charge in [0.15, 0.2) is 5.81 Å². The molecule has 6 heteroatoms. The van der Waals surface area contributed by atoms with Crippen molar-refractivity contribution >= 4 is 25.8 Å². The second-order valence-electron chi connectivity index (χ2n) is 2.67. The molecule has 0 aliphatic heterocycles. The minimum atomic E-state index is -0.687. The molecule has 0 aromatic carbocycles. The monoisotopic (exact) mass is 204 g/mol. The van der Waals surface area contributed by atoms with Gasteiger partial charge in [-0.3, -0.25) is 4.79 Å². The molecule has 0 unspecified atom stereocenters. The summed E-state index contributed by atoms with van der Waals surface area (Å²) in [4.78, 5) is 24.4. The summed E-state index contributed by atoms with van der Waals surface area (Å²) in [5, 5.41) is 2.31. The Morgan fingerprint density at radius 3 is 3.13 bits per heavy atom. The van der Waals surface area contributed by atoms with Crippen LogP contribution < -0.4 is 10.1 Å². The molecule has 0 saturated carbocycles. The third-order valence-corrected chi connectivity index (χ3v) is 1.49. The van der Waals surface area contributed by atoms with Gasteiger partial charge in [-0.1, -0.05) is 0 Å². The summed E-state index contributed by atoms with van der Waals surface area (Å²) in [6.07, 6.45) is 2.56. The number of aldehydes is 1. The van der Waals surface area contributed by atoms with Crippen LogP contribution in [0.4, 0.5) is 10.6 Å². The number of hydrogen-bond donors (Lipinski definition) is 1. The van der Waals surface area contributed by atoms with Gasteiger partial charge in [0.25, 0.3) is 0 Å². The number of hydrogen-bond acceptors (Lipinski definition) is 4. The van der Waals surface area contributed by atoms with Gasteiger partial charge in [-0.15, -0.1) is 0 Å². The van der Waals surface area contributed by atoms with Crippen molar-refractivity contribution in [1.29, 1.82) is 0 Å². The van der Waals surface area contributed by atoms with Gasteiger partial charge in [0.05, 0.1) is 6.61 Å². The van der Waals surface area contributed by atoms with Gasteiger partial charge in [-0.2, -0.15) is 0 Å². The van der Waals surface area contributed by atoms with Crippen LogP contribution in [0.5, 0.6) is 5.75 Å². The van der Waals surface area contributed by atoms with E-state index < -0.39 is 5.81 Å². The lowest BCUT2D eigenvalue weighted by Crippen LogP contribution is -2.09. The molecule has 1 N–H and O–H groups in total. The Bertz CT molecular complexity index is 357. The average Bonchev–Trinajstić information content (AvgIpc) is 2.18. The van der Waals surface area contributed by atoms with Crippen LogP contribution >= 0.6 is 0 Å². The fourth-order valence-corrected chi connectivity index (χ4v) is 0.920. The number of amides is 1. The second kappa shape index (κ2) is 5.80. The molecule has 0 aliphatic carbocycles. The fourth-order valence-electron chi connectivity index (χ4n) is 0.920. The van der Waals surface area contributed by atoms with Crippen molar-refractivity contribution in [2.45, 2.75) is 6.42 Å². The van der Waals surface area contributed by atoms with E-state index in [-0.39, 0.29) is 0 Å². The standard InChI is InChI=1S/C9H9BN2O3/c10-9(14)12-8-6-7(2-3-11-8)15-5-1-4-13/h2-4,6H,1,5H2,(H,11,12,14). The zero-order chi connectivity index (χ0) is 11.1. The van der Waals surface area contributed by atoms with Crippen LogP contribution in [-0.4, -0.2) is 31.5 Å². The molecule has 0 atom stereocenters. The summed E-state index contributed by atoms with van der Waals surface area (Å²) in [5.74, 6) is 0.147. The molecule has 0 spiro atoms. The van der Waals surface area contributed by atoms with Crippen molar-refractivity contribution in [1.82, 2.24) is 4.98 Å². The first kappa shape index (κ1) is 11.2. The quantitative estimate of drug-likeness (QED) is 0.436. The number of rotatable bonds is 5. The molecule has 2 radical (unpaired) electrons. The van der Waals surface area contributed by atoms with E-state index in [9.17, 15) is 9.59 Å². The summed E-state index contributed by atoms with van der Waals surface area (Å²) < 4.78 is 5.21. The Labute approximate surface area is 88.2 Å². The van der Waals surface area contributed by atoms with Crippen LogP contribution in [0.15, 0.2) is 18.3 Å². The van der Waals surface area contributed by atoms with Gasteiger partial charge in [-0.05, 0) is 6.07 Å². The topological polar surface area (TPSA) is 68.3 Å². The number of nitrogens with one attached hydrogen (secondary N) is 1. The van der Waals surface area contributed by atoms with E-state index in [1.54, 1.807) is 6.07 Å². The van der Waals surface area contributed by atoms with Gasteiger partial charge in [0, 0.05) is 18.7 Å². The van der Waals surface area contributed by atoms with Crippen molar-refractivity contribution < 1.29 is 14.3 Å². The van der Waals surface area contributed by atoms with E-state index in [2.05, 4.69) is 10.3 Å². The molecule has 15 heavy (non-hydrogen) atoms. The van der Waals surface area contributed by atoms with Crippen LogP contribution in [0.25, 0.3) is 0 Å². The Morgan fingerprint density at radius 2 is 2.47 bits per heavy atom. The van der Waals surface area contributed by atoms with E-state index in [0.717, 1.165) is 6.29 Å². The van der Waals surface area contributed by atoms with Crippen LogP contribution in [0.3, 0.4) is 0 Å². The Morgan fingerprint density at radius 1 is 1.67 bits per heavy atom. The fraction of sp³-hybridized carbons (Fsp3) is 0.222. The number of ether oxygens (including phenoxy) is 1. The number of carbonyl (C=O) groups is 2. The van der Waals surface area contributed by atoms with E-state index in [1.807, 2.05) is 0 Å². The van der Waals surface area contributed by atoms with E-state index in [4.69, 9.17) is 12.6 Å². The van der Waals surface area contributed by atoms with Crippen molar-refractivity contribution in [3.05, 3.63) is 18.3 Å². The third kappa shape index (κ3) is 4.26. The van der Waals surface area contributed by atoms with Crippen LogP contribution in [0.2, 0.25) is 0 Å². The summed E-state index contributed by atoms with van der Waals surface area (Å²) in [6, 6.07) is 3.15. The highest BCUT2D eigenvalue weighted by Crippen LogP contribution is 2.14. The van der Waals surface area contributed by atoms with E-state index in [1.165, 1.54) is 12.3 Å². The summed E-state index contributed by atoms with van der Waals surface area (Å²) >= 11 is 0. The van der Waals surface area contributed by atoms with Crippen molar-refractivity contribution in [2.75, 3.05) is 11.9 Å². The first-order chi connectivity index (χ1) is 7.22. The van der Waals surface area contributed by atoms with Gasteiger partial charge in [0.1, 0.15) is 17.9 Å². The maximum Gasteiger partial charge on any atom is 0.201 e. The van der Waals surface area contributed by atoms with Gasteiger partial charge in [0.2, 0.25) is 7.85 Å². The van der Waals surface area contributed by atoms with Crippen LogP contribution in [0, 0.1) is 0 Å². The van der Waals surface area contributed by atoms with Gasteiger partial charge >= 0.3 is 0 Å². The molecular weight excluding hydrogens is 195 g/mol. The summed E-state index contributed by atoms with van der Waals surface area (Å²) in [7, 11) is 4.92. The van der Waals surface area contributed by atoms with E-state index in [0.29, 0.717) is 24.6 Å². The number of carbonyl (C=O) groups excluding carboxylic acids is 2. The van der Waals surface area contributed by atoms with Crippen molar-refractivity contribution in [3.8, 4) is 5.75 Å². The Hall–Kier alpha value is -1.85. The lowest BCUT2D eigenvalue weighted by Gasteiger charge is -2.05. The molecule has 1 aromatic rings. The van der Waals surface area contributed by atoms with E-state index >= 15 is 0 Å². The summed E-state index contributed by atoms with van der Waals surface area (Å²) in [6.45, 7) is 0.295. The minimum absolute atomic E-state index is 0.295. The molecule has 1 amide bonds. The minimum Gasteiger partial charge on any atom is -0.493 e. The molecular formula is C9H9BN2O3. The molecule has 5 nitrogen and oxygen atoms in total. The smallest absolute Gasteiger partial charge is 0.201 e. The lowest BCUT2D eigenvalue weighted by atomic mass is 10.1. The largest absolute Gasteiger partial charge is 0.493 e. The predicted molar refractivity (Wildman–Crippen MR) is 55.2 cm³/mol. The van der Waals surface area contributed by atoms with Gasteiger partial charge < -0.3 is 14.8 Å². The van der Waals surface area contributed by atoms with Crippen molar-refractivity contribution in [2.24, 2.45) is 0 Å². The lowest BCUT2D eigenvalue weighted by molar-refractivity contribution is -0.108. The molecule has 0 bridgehead atoms. The van der Waals surface area contributed by atoms with Gasteiger partial charge in [-0.25, -0.2) is 4.98 Å². The SMILES string of the molecule is [B]C(=O)Nc1cc(OCCC=O)ccn1. The molecule has 0 fully saturated rings. The molecule has 0 aliphatic rings. The zero-order valence-corrected chi connectivity index (χ0v) is 7.97. The van der Waals surface area contributed by atoms with Crippen LogP contribution in [0.1, 0.15) is 6.42 Å². The third-order valence-electron chi connectivity index (χ3n) is 1.49. The Balaban J connectivity index is 2.57. The number of nitrogens with zero attached hydrogens (tertiary/aromatic N) is 1. The number of aromatic nitrogens is 1. The van der Waals surface area contributed by atoms with Crippen molar-refractivity contribution in [3.63, 3.8) is 0 Å². The highest BCUT2D eigenvalue weighted by molar-refractivity contribution is 6.60. The molecule has 0 saturated heterocycles. The maximum atomic E-state index is 10.5. The predicted octanol–water partition coefficient (Wildman–Crippen LogP) is 0.750. The molecule has 1 aromatic heterocycles. The Kier molecular flexibility index (Phi) is 4.34. The molecule has 1 rings (SSSR count). The first-order valence-electron chi connectivity index (χ1n) is 4.31. The van der Waals surface area contributed by atoms with Crippen LogP contribution in [-0.2, 0) is 4.79 Å². The second-order valence-corrected chi connectivity index (χ2v) is 2.67. The number of pyridine rings is 1. The molecule has 76 valence electrons. The average molecular weight is 204 g/mol. The normalized spacial score (nSPS) is 9.33. The molecule has 1 heterocycles.